The van der Waals surface area contributed by atoms with E-state index in [0.717, 1.165) is 24.0 Å². The van der Waals surface area contributed by atoms with E-state index in [4.69, 9.17) is 5.11 Å². The molecule has 1 aliphatic carbocycles. The van der Waals surface area contributed by atoms with Crippen LogP contribution in [0.5, 0.6) is 0 Å². The zero-order chi connectivity index (χ0) is 12.5. The van der Waals surface area contributed by atoms with E-state index in [2.05, 4.69) is 10.2 Å². The van der Waals surface area contributed by atoms with Gasteiger partial charge in [0.1, 0.15) is 0 Å². The molecular weight excluding hydrogens is 248 g/mol. The Morgan fingerprint density at radius 3 is 3.00 bits per heavy atom. The molecule has 1 unspecified atom stereocenters. The van der Waals surface area contributed by atoms with Crippen LogP contribution in [-0.4, -0.2) is 41.1 Å². The van der Waals surface area contributed by atoms with Crippen molar-refractivity contribution in [3.63, 3.8) is 0 Å². The van der Waals surface area contributed by atoms with Crippen molar-refractivity contribution < 1.29 is 9.90 Å². The summed E-state index contributed by atoms with van der Waals surface area (Å²) in [4.78, 5) is 14.5. The lowest BCUT2D eigenvalue weighted by atomic mass is 10.2. The lowest BCUT2D eigenvalue weighted by molar-refractivity contribution is 0.0697. The molecule has 2 aliphatic rings. The first-order valence-electron chi connectivity index (χ1n) is 6.50. The van der Waals surface area contributed by atoms with Crippen molar-refractivity contribution in [2.45, 2.75) is 37.9 Å². The van der Waals surface area contributed by atoms with Gasteiger partial charge in [0.25, 0.3) is 0 Å². The first-order valence-corrected chi connectivity index (χ1v) is 7.38. The van der Waals surface area contributed by atoms with Crippen LogP contribution in [0, 0.1) is 0 Å². The fourth-order valence-corrected chi connectivity index (χ4v) is 3.36. The Bertz CT molecular complexity index is 442. The van der Waals surface area contributed by atoms with E-state index in [0.29, 0.717) is 11.6 Å². The molecule has 0 radical (unpaired) electrons. The van der Waals surface area contributed by atoms with E-state index in [1.807, 2.05) is 0 Å². The van der Waals surface area contributed by atoms with Crippen LogP contribution >= 0.6 is 11.3 Å². The van der Waals surface area contributed by atoms with Gasteiger partial charge >= 0.3 is 5.97 Å². The summed E-state index contributed by atoms with van der Waals surface area (Å²) in [5.74, 6) is -0.835. The monoisotopic (exact) mass is 266 g/mol. The average Bonchev–Trinajstić information content (AvgIpc) is 2.92. The van der Waals surface area contributed by atoms with E-state index >= 15 is 0 Å². The predicted octanol–water partition coefficient (Wildman–Crippen LogP) is 1.77. The number of hydrogen-bond acceptors (Lipinski definition) is 4. The third-order valence-corrected chi connectivity index (χ3v) is 4.69. The summed E-state index contributed by atoms with van der Waals surface area (Å²) >= 11 is 1.52. The molecular formula is C13H18N2O2S. The van der Waals surface area contributed by atoms with Crippen molar-refractivity contribution in [3.8, 4) is 0 Å². The maximum atomic E-state index is 10.8. The third-order valence-electron chi connectivity index (χ3n) is 3.75. The number of rotatable bonds is 5. The van der Waals surface area contributed by atoms with Gasteiger partial charge in [-0.3, -0.25) is 4.90 Å². The van der Waals surface area contributed by atoms with Crippen LogP contribution < -0.4 is 5.32 Å². The van der Waals surface area contributed by atoms with Crippen molar-refractivity contribution in [3.05, 3.63) is 21.9 Å². The van der Waals surface area contributed by atoms with Gasteiger partial charge in [-0.25, -0.2) is 4.79 Å². The van der Waals surface area contributed by atoms with Crippen LogP contribution in [0.1, 0.15) is 34.5 Å². The standard InChI is InChI=1S/C13H18N2O2S/c16-13(17)9-5-12(18-8-9)6-14-10-3-4-15(7-10)11-1-2-11/h5,8,10-11,14H,1-4,6-7H2,(H,16,17). The van der Waals surface area contributed by atoms with Gasteiger partial charge in [-0.2, -0.15) is 0 Å². The van der Waals surface area contributed by atoms with Crippen LogP contribution in [0.3, 0.4) is 0 Å². The normalized spacial score (nSPS) is 24.6. The van der Waals surface area contributed by atoms with Gasteiger partial charge < -0.3 is 10.4 Å². The molecule has 5 heteroatoms. The summed E-state index contributed by atoms with van der Waals surface area (Å²) in [5.41, 5.74) is 0.405. The molecule has 1 aliphatic heterocycles. The maximum absolute atomic E-state index is 10.8. The molecule has 0 spiro atoms. The highest BCUT2D eigenvalue weighted by molar-refractivity contribution is 7.10. The van der Waals surface area contributed by atoms with Gasteiger partial charge in [0.15, 0.2) is 0 Å². The lowest BCUT2D eigenvalue weighted by Gasteiger charge is -2.15. The Labute approximate surface area is 111 Å². The Kier molecular flexibility index (Phi) is 3.37. The molecule has 0 amide bonds. The fraction of sp³-hybridized carbons (Fsp3) is 0.615. The van der Waals surface area contributed by atoms with Crippen LogP contribution in [0.25, 0.3) is 0 Å². The van der Waals surface area contributed by atoms with E-state index in [9.17, 15) is 4.79 Å². The average molecular weight is 266 g/mol. The van der Waals surface area contributed by atoms with Gasteiger partial charge in [0.2, 0.25) is 0 Å². The minimum Gasteiger partial charge on any atom is -0.478 e. The van der Waals surface area contributed by atoms with E-state index in [1.54, 1.807) is 11.4 Å². The van der Waals surface area contributed by atoms with Crippen molar-refractivity contribution in [2.75, 3.05) is 13.1 Å². The number of carboxylic acids is 1. The van der Waals surface area contributed by atoms with E-state index in [1.165, 1.54) is 37.1 Å². The smallest absolute Gasteiger partial charge is 0.336 e. The van der Waals surface area contributed by atoms with Crippen LogP contribution in [0.15, 0.2) is 11.4 Å². The zero-order valence-corrected chi connectivity index (χ0v) is 11.1. The second kappa shape index (κ2) is 4.99. The quantitative estimate of drug-likeness (QED) is 0.853. The molecule has 0 bridgehead atoms. The van der Waals surface area contributed by atoms with Gasteiger partial charge in [-0.15, -0.1) is 11.3 Å². The molecule has 4 nitrogen and oxygen atoms in total. The Hall–Kier alpha value is -0.910. The summed E-state index contributed by atoms with van der Waals surface area (Å²) < 4.78 is 0. The largest absolute Gasteiger partial charge is 0.478 e. The Morgan fingerprint density at radius 2 is 2.33 bits per heavy atom. The number of likely N-dealkylation sites (tertiary alicyclic amines) is 1. The SMILES string of the molecule is O=C(O)c1csc(CNC2CCN(C3CC3)C2)c1. The Balaban J connectivity index is 1.47. The topological polar surface area (TPSA) is 52.6 Å². The summed E-state index contributed by atoms with van der Waals surface area (Å²) in [6.45, 7) is 3.16. The summed E-state index contributed by atoms with van der Waals surface area (Å²) in [5, 5.41) is 14.1. The molecule has 1 aromatic rings. The summed E-state index contributed by atoms with van der Waals surface area (Å²) in [6, 6.07) is 3.20. The number of nitrogens with one attached hydrogen (secondary N) is 1. The van der Waals surface area contributed by atoms with Crippen LogP contribution in [0.2, 0.25) is 0 Å². The first-order chi connectivity index (χ1) is 8.72. The molecule has 2 fully saturated rings. The van der Waals surface area contributed by atoms with Gasteiger partial charge in [0.05, 0.1) is 5.56 Å². The fourth-order valence-electron chi connectivity index (χ4n) is 2.56. The molecule has 3 rings (SSSR count). The van der Waals surface area contributed by atoms with Crippen molar-refractivity contribution in [1.82, 2.24) is 10.2 Å². The van der Waals surface area contributed by atoms with Gasteiger partial charge in [0, 0.05) is 42.0 Å². The molecule has 18 heavy (non-hydrogen) atoms. The maximum Gasteiger partial charge on any atom is 0.336 e. The molecule has 98 valence electrons. The van der Waals surface area contributed by atoms with E-state index < -0.39 is 5.97 Å². The molecule has 1 saturated carbocycles. The summed E-state index contributed by atoms with van der Waals surface area (Å²) in [6.07, 6.45) is 3.97. The molecule has 1 aromatic heterocycles. The van der Waals surface area contributed by atoms with Crippen molar-refractivity contribution in [1.29, 1.82) is 0 Å². The van der Waals surface area contributed by atoms with Crippen LogP contribution in [0.4, 0.5) is 0 Å². The Morgan fingerprint density at radius 1 is 1.50 bits per heavy atom. The highest BCUT2D eigenvalue weighted by Crippen LogP contribution is 2.29. The summed E-state index contributed by atoms with van der Waals surface area (Å²) in [7, 11) is 0. The van der Waals surface area contributed by atoms with Gasteiger partial charge in [-0.05, 0) is 25.3 Å². The molecule has 1 atom stereocenters. The number of hydrogen-bond donors (Lipinski definition) is 2. The van der Waals surface area contributed by atoms with Crippen molar-refractivity contribution in [2.24, 2.45) is 0 Å². The highest BCUT2D eigenvalue weighted by atomic mass is 32.1. The van der Waals surface area contributed by atoms with E-state index in [-0.39, 0.29) is 0 Å². The predicted molar refractivity (Wildman–Crippen MR) is 71.1 cm³/mol. The van der Waals surface area contributed by atoms with Gasteiger partial charge in [-0.1, -0.05) is 0 Å². The minimum absolute atomic E-state index is 0.405. The molecule has 0 aromatic carbocycles. The second-order valence-corrected chi connectivity index (χ2v) is 6.20. The number of aromatic carboxylic acids is 1. The second-order valence-electron chi connectivity index (χ2n) is 5.20. The molecule has 1 saturated heterocycles. The zero-order valence-electron chi connectivity index (χ0n) is 10.3. The molecule has 2 heterocycles. The number of carbonyl (C=O) groups is 1. The molecule has 2 N–H and O–H groups in total. The lowest BCUT2D eigenvalue weighted by Crippen LogP contribution is -2.32. The third kappa shape index (κ3) is 2.74. The number of thiophene rings is 1. The number of nitrogens with zero attached hydrogens (tertiary/aromatic N) is 1. The number of carboxylic acid groups (broad SMARTS) is 1. The van der Waals surface area contributed by atoms with Crippen LogP contribution in [-0.2, 0) is 6.54 Å². The first kappa shape index (κ1) is 12.1. The minimum atomic E-state index is -0.835. The highest BCUT2D eigenvalue weighted by Gasteiger charge is 2.34. The van der Waals surface area contributed by atoms with Crippen molar-refractivity contribution >= 4 is 17.3 Å².